The van der Waals surface area contributed by atoms with Crippen LogP contribution in [0.5, 0.6) is 0 Å². The molecular formula is C15H21N5O2. The largest absolute Gasteiger partial charge is 0.469 e. The molecule has 0 fully saturated rings. The second kappa shape index (κ2) is 6.21. The molecule has 7 nitrogen and oxygen atoms in total. The van der Waals surface area contributed by atoms with Crippen molar-refractivity contribution in [2.75, 3.05) is 0 Å². The Hall–Kier alpha value is -2.31. The first kappa shape index (κ1) is 14.6. The molecule has 1 aliphatic heterocycles. The van der Waals surface area contributed by atoms with Crippen LogP contribution in [0.4, 0.5) is 4.79 Å². The van der Waals surface area contributed by atoms with Crippen molar-refractivity contribution in [2.45, 2.75) is 51.7 Å². The van der Waals surface area contributed by atoms with E-state index in [1.807, 2.05) is 30.7 Å². The second-order valence-electron chi connectivity index (χ2n) is 5.74. The fourth-order valence-electron chi connectivity index (χ4n) is 2.81. The molecule has 2 amide bonds. The van der Waals surface area contributed by atoms with E-state index in [0.717, 1.165) is 36.8 Å². The van der Waals surface area contributed by atoms with Gasteiger partial charge in [-0.15, -0.1) is 0 Å². The average molecular weight is 303 g/mol. The number of carbonyl (C=O) groups excluding carboxylic acids is 1. The summed E-state index contributed by atoms with van der Waals surface area (Å²) in [4.78, 5) is 16.6. The number of urea groups is 1. The van der Waals surface area contributed by atoms with Crippen molar-refractivity contribution in [1.29, 1.82) is 0 Å². The van der Waals surface area contributed by atoms with E-state index < -0.39 is 0 Å². The molecule has 7 heteroatoms. The Labute approximate surface area is 129 Å². The number of hydrogen-bond acceptors (Lipinski definition) is 4. The van der Waals surface area contributed by atoms with Crippen LogP contribution in [0, 0.1) is 6.92 Å². The quantitative estimate of drug-likeness (QED) is 0.904. The summed E-state index contributed by atoms with van der Waals surface area (Å²) in [6, 6.07) is 3.49. The lowest BCUT2D eigenvalue weighted by Gasteiger charge is -2.24. The number of aromatic nitrogens is 3. The number of fused-ring (bicyclic) bond motifs is 1. The monoisotopic (exact) mass is 303 g/mol. The normalized spacial score (nSPS) is 18.5. The Kier molecular flexibility index (Phi) is 4.13. The molecule has 3 rings (SSSR count). The molecule has 2 atom stereocenters. The minimum absolute atomic E-state index is 0.00523. The first-order valence-corrected chi connectivity index (χ1v) is 7.62. The van der Waals surface area contributed by atoms with Gasteiger partial charge in [0.2, 0.25) is 0 Å². The van der Waals surface area contributed by atoms with Gasteiger partial charge in [-0.05, 0) is 38.8 Å². The lowest BCUT2D eigenvalue weighted by Crippen LogP contribution is -2.44. The number of nitrogens with zero attached hydrogens (tertiary/aromatic N) is 3. The molecule has 2 aromatic rings. The van der Waals surface area contributed by atoms with Gasteiger partial charge in [0.25, 0.3) is 0 Å². The lowest BCUT2D eigenvalue weighted by molar-refractivity contribution is 0.229. The highest BCUT2D eigenvalue weighted by atomic mass is 16.3. The highest BCUT2D eigenvalue weighted by Crippen LogP contribution is 2.22. The van der Waals surface area contributed by atoms with E-state index in [1.54, 1.807) is 6.26 Å². The summed E-state index contributed by atoms with van der Waals surface area (Å²) in [7, 11) is 0. The van der Waals surface area contributed by atoms with Crippen molar-refractivity contribution in [3.05, 3.63) is 35.8 Å². The average Bonchev–Trinajstić information content (AvgIpc) is 3.07. The van der Waals surface area contributed by atoms with Gasteiger partial charge >= 0.3 is 6.03 Å². The summed E-state index contributed by atoms with van der Waals surface area (Å²) >= 11 is 0. The summed E-state index contributed by atoms with van der Waals surface area (Å²) in [5.41, 5.74) is 0. The van der Waals surface area contributed by atoms with E-state index in [2.05, 4.69) is 20.7 Å². The van der Waals surface area contributed by atoms with E-state index in [0.29, 0.717) is 6.42 Å². The molecule has 0 saturated carbocycles. The maximum Gasteiger partial charge on any atom is 0.315 e. The standard InChI is InChI=1S/C15H21N5O2/c1-10(9-12-5-4-8-22-12)16-15(21)18-13-6-3-7-20-14(13)17-11(2)19-20/h4-5,8,10,13H,3,6-7,9H2,1-2H3,(H2,16,18,21)/t10-,13+/m1/s1. The number of furan rings is 1. The lowest BCUT2D eigenvalue weighted by atomic mass is 10.1. The molecular weight excluding hydrogens is 282 g/mol. The van der Waals surface area contributed by atoms with Gasteiger partial charge in [-0.1, -0.05) is 0 Å². The molecule has 0 aliphatic carbocycles. The smallest absolute Gasteiger partial charge is 0.315 e. The van der Waals surface area contributed by atoms with Crippen molar-refractivity contribution < 1.29 is 9.21 Å². The second-order valence-corrected chi connectivity index (χ2v) is 5.74. The molecule has 0 radical (unpaired) electrons. The third-order valence-electron chi connectivity index (χ3n) is 3.75. The zero-order valence-corrected chi connectivity index (χ0v) is 12.9. The number of hydrogen-bond donors (Lipinski definition) is 2. The molecule has 0 spiro atoms. The van der Waals surface area contributed by atoms with Gasteiger partial charge in [-0.25, -0.2) is 14.5 Å². The topological polar surface area (TPSA) is 85.0 Å². The molecule has 1 aliphatic rings. The zero-order chi connectivity index (χ0) is 15.5. The van der Waals surface area contributed by atoms with Crippen molar-refractivity contribution in [2.24, 2.45) is 0 Å². The van der Waals surface area contributed by atoms with Gasteiger partial charge in [0.05, 0.1) is 12.3 Å². The first-order chi connectivity index (χ1) is 10.6. The minimum Gasteiger partial charge on any atom is -0.469 e. The molecule has 22 heavy (non-hydrogen) atoms. The van der Waals surface area contributed by atoms with Gasteiger partial charge in [0, 0.05) is 19.0 Å². The Morgan fingerprint density at radius 1 is 1.59 bits per heavy atom. The highest BCUT2D eigenvalue weighted by Gasteiger charge is 2.25. The SMILES string of the molecule is Cc1nc2n(n1)CCC[C@@H]2NC(=O)N[C@H](C)Cc1ccco1. The van der Waals surface area contributed by atoms with Gasteiger partial charge in [0.15, 0.2) is 0 Å². The molecule has 0 saturated heterocycles. The molecule has 0 unspecified atom stereocenters. The Balaban J connectivity index is 1.56. The third-order valence-corrected chi connectivity index (χ3v) is 3.75. The molecule has 3 heterocycles. The number of amides is 2. The fourth-order valence-corrected chi connectivity index (χ4v) is 2.81. The summed E-state index contributed by atoms with van der Waals surface area (Å²) in [5, 5.41) is 10.3. The minimum atomic E-state index is -0.182. The Morgan fingerprint density at radius 3 is 3.23 bits per heavy atom. The maximum atomic E-state index is 12.2. The van der Waals surface area contributed by atoms with Crippen LogP contribution < -0.4 is 10.6 Å². The molecule has 2 aromatic heterocycles. The Morgan fingerprint density at radius 2 is 2.45 bits per heavy atom. The summed E-state index contributed by atoms with van der Waals surface area (Å²) in [6.45, 7) is 4.69. The van der Waals surface area contributed by atoms with Crippen LogP contribution in [0.1, 0.15) is 43.2 Å². The van der Waals surface area contributed by atoms with E-state index in [4.69, 9.17) is 4.42 Å². The summed E-state index contributed by atoms with van der Waals surface area (Å²) in [6.07, 6.45) is 4.18. The fraction of sp³-hybridized carbons (Fsp3) is 0.533. The van der Waals surface area contributed by atoms with E-state index >= 15 is 0 Å². The predicted molar refractivity (Wildman–Crippen MR) is 80.3 cm³/mol. The highest BCUT2D eigenvalue weighted by molar-refractivity contribution is 5.74. The van der Waals surface area contributed by atoms with Crippen molar-refractivity contribution >= 4 is 6.03 Å². The van der Waals surface area contributed by atoms with Crippen LogP contribution in [-0.2, 0) is 13.0 Å². The van der Waals surface area contributed by atoms with Crippen molar-refractivity contribution in [3.8, 4) is 0 Å². The van der Waals surface area contributed by atoms with Crippen LogP contribution >= 0.6 is 0 Å². The van der Waals surface area contributed by atoms with Crippen molar-refractivity contribution in [3.63, 3.8) is 0 Å². The van der Waals surface area contributed by atoms with Crippen LogP contribution in [0.25, 0.3) is 0 Å². The molecule has 0 aromatic carbocycles. The Bertz CT molecular complexity index is 634. The van der Waals surface area contributed by atoms with E-state index in [1.165, 1.54) is 0 Å². The molecule has 118 valence electrons. The summed E-state index contributed by atoms with van der Waals surface area (Å²) < 4.78 is 7.18. The number of aryl methyl sites for hydroxylation is 2. The molecule has 2 N–H and O–H groups in total. The van der Waals surface area contributed by atoms with E-state index in [9.17, 15) is 4.79 Å². The predicted octanol–water partition coefficient (Wildman–Crippen LogP) is 1.94. The summed E-state index contributed by atoms with van der Waals surface area (Å²) in [5.74, 6) is 2.45. The maximum absolute atomic E-state index is 12.2. The van der Waals surface area contributed by atoms with Crippen molar-refractivity contribution in [1.82, 2.24) is 25.4 Å². The zero-order valence-electron chi connectivity index (χ0n) is 12.9. The van der Waals surface area contributed by atoms with Crippen LogP contribution in [0.15, 0.2) is 22.8 Å². The number of rotatable bonds is 4. The number of nitrogens with one attached hydrogen (secondary N) is 2. The van der Waals surface area contributed by atoms with Crippen LogP contribution in [0.2, 0.25) is 0 Å². The van der Waals surface area contributed by atoms with Gasteiger partial charge in [0.1, 0.15) is 17.4 Å². The van der Waals surface area contributed by atoms with Gasteiger partial charge in [-0.3, -0.25) is 0 Å². The number of carbonyl (C=O) groups is 1. The molecule has 0 bridgehead atoms. The van der Waals surface area contributed by atoms with Gasteiger partial charge < -0.3 is 15.1 Å². The van der Waals surface area contributed by atoms with Crippen LogP contribution in [-0.4, -0.2) is 26.8 Å². The van der Waals surface area contributed by atoms with Gasteiger partial charge in [-0.2, -0.15) is 5.10 Å². The van der Waals surface area contributed by atoms with Crippen LogP contribution in [0.3, 0.4) is 0 Å². The first-order valence-electron chi connectivity index (χ1n) is 7.62. The van der Waals surface area contributed by atoms with E-state index in [-0.39, 0.29) is 18.1 Å². The third kappa shape index (κ3) is 3.29.